The number of nitrogens with zero attached hydrogens (tertiary/aromatic N) is 3. The summed E-state index contributed by atoms with van der Waals surface area (Å²) in [6.45, 7) is 8.85. The van der Waals surface area contributed by atoms with Gasteiger partial charge in [0.25, 0.3) is 5.69 Å². The van der Waals surface area contributed by atoms with Crippen LogP contribution < -0.4 is 9.47 Å². The predicted octanol–water partition coefficient (Wildman–Crippen LogP) is 6.71. The van der Waals surface area contributed by atoms with Crippen LogP contribution in [0.2, 0.25) is 0 Å². The number of benzene rings is 2. The summed E-state index contributed by atoms with van der Waals surface area (Å²) in [6.07, 6.45) is 12.3. The van der Waals surface area contributed by atoms with Crippen LogP contribution in [0.15, 0.2) is 48.5 Å². The zero-order valence-electron chi connectivity index (χ0n) is 22.7. The molecule has 0 saturated carbocycles. The molecule has 2 aliphatic heterocycles. The standard InChI is InChI=1S/C15H22FNO.C15H22N2O3/c16-14-6-8-15(9-7-14)18-13-5-1-2-10-17-11-3-4-12-17;18-17(19)14-7-6-8-15(13-14)20-12-5-1-2-9-16-10-3-4-11-16/h6-9H,1-5,10-13H2;6-8,13H,1-5,9-12H2. The van der Waals surface area contributed by atoms with Crippen molar-refractivity contribution < 1.29 is 18.8 Å². The molecule has 210 valence electrons. The molecule has 0 aromatic heterocycles. The lowest BCUT2D eigenvalue weighted by Gasteiger charge is -2.13. The number of nitro groups is 1. The quantitative estimate of drug-likeness (QED) is 0.145. The lowest BCUT2D eigenvalue weighted by molar-refractivity contribution is -0.384. The average Bonchev–Trinajstić information content (AvgIpc) is 3.64. The summed E-state index contributed by atoms with van der Waals surface area (Å²) in [5, 5.41) is 10.6. The first-order valence-electron chi connectivity index (χ1n) is 14.3. The molecule has 0 atom stereocenters. The lowest BCUT2D eigenvalue weighted by Crippen LogP contribution is -2.20. The molecule has 0 spiro atoms. The van der Waals surface area contributed by atoms with E-state index in [1.807, 2.05) is 0 Å². The Labute approximate surface area is 227 Å². The molecule has 2 fully saturated rings. The minimum atomic E-state index is -0.400. The molecule has 2 aromatic rings. The fraction of sp³-hybridized carbons (Fsp3) is 0.600. The van der Waals surface area contributed by atoms with Gasteiger partial charge < -0.3 is 19.3 Å². The Morgan fingerprint density at radius 1 is 0.711 bits per heavy atom. The number of ether oxygens (including phenoxy) is 2. The van der Waals surface area contributed by atoms with Gasteiger partial charge in [-0.3, -0.25) is 10.1 Å². The summed E-state index contributed by atoms with van der Waals surface area (Å²) in [5.74, 6) is 1.13. The van der Waals surface area contributed by atoms with Crippen molar-refractivity contribution in [3.05, 3.63) is 64.5 Å². The maximum Gasteiger partial charge on any atom is 0.273 e. The van der Waals surface area contributed by atoms with Gasteiger partial charge in [0.05, 0.1) is 24.2 Å². The average molecular weight is 530 g/mol. The van der Waals surface area contributed by atoms with Gasteiger partial charge in [-0.1, -0.05) is 6.07 Å². The Kier molecular flexibility index (Phi) is 13.9. The van der Waals surface area contributed by atoms with E-state index < -0.39 is 4.92 Å². The van der Waals surface area contributed by atoms with E-state index in [0.29, 0.717) is 12.4 Å². The van der Waals surface area contributed by atoms with Crippen molar-refractivity contribution in [2.45, 2.75) is 64.2 Å². The first kappa shape index (κ1) is 29.8. The number of hydrogen-bond acceptors (Lipinski definition) is 6. The Bertz CT molecular complexity index is 916. The van der Waals surface area contributed by atoms with Crippen LogP contribution in [0.1, 0.15) is 64.2 Å². The molecule has 2 aromatic carbocycles. The maximum absolute atomic E-state index is 12.7. The molecule has 2 saturated heterocycles. The summed E-state index contributed by atoms with van der Waals surface area (Å²) in [7, 11) is 0. The van der Waals surface area contributed by atoms with Crippen LogP contribution >= 0.6 is 0 Å². The molecule has 8 heteroatoms. The molecular weight excluding hydrogens is 485 g/mol. The van der Waals surface area contributed by atoms with Gasteiger partial charge in [0.1, 0.15) is 17.3 Å². The van der Waals surface area contributed by atoms with Gasteiger partial charge in [-0.25, -0.2) is 4.39 Å². The molecule has 38 heavy (non-hydrogen) atoms. The molecule has 2 heterocycles. The highest BCUT2D eigenvalue weighted by atomic mass is 19.1. The largest absolute Gasteiger partial charge is 0.494 e. The van der Waals surface area contributed by atoms with E-state index in [1.54, 1.807) is 24.3 Å². The van der Waals surface area contributed by atoms with Gasteiger partial charge in [0.2, 0.25) is 0 Å². The van der Waals surface area contributed by atoms with E-state index in [-0.39, 0.29) is 11.5 Å². The molecule has 0 amide bonds. The van der Waals surface area contributed by atoms with Gasteiger partial charge in [-0.2, -0.15) is 0 Å². The van der Waals surface area contributed by atoms with Crippen molar-refractivity contribution in [1.29, 1.82) is 0 Å². The van der Waals surface area contributed by atoms with Crippen LogP contribution in [0.25, 0.3) is 0 Å². The highest BCUT2D eigenvalue weighted by Crippen LogP contribution is 2.19. The minimum Gasteiger partial charge on any atom is -0.494 e. The normalized spacial score (nSPS) is 15.7. The van der Waals surface area contributed by atoms with Crippen LogP contribution in [-0.2, 0) is 0 Å². The van der Waals surface area contributed by atoms with E-state index in [0.717, 1.165) is 31.6 Å². The fourth-order valence-electron chi connectivity index (χ4n) is 4.84. The number of non-ortho nitro benzene ring substituents is 1. The van der Waals surface area contributed by atoms with Crippen LogP contribution in [-0.4, -0.2) is 67.2 Å². The third-order valence-corrected chi connectivity index (χ3v) is 7.01. The number of likely N-dealkylation sites (tertiary alicyclic amines) is 2. The molecule has 0 unspecified atom stereocenters. The third-order valence-electron chi connectivity index (χ3n) is 7.01. The Morgan fingerprint density at radius 3 is 1.76 bits per heavy atom. The number of nitro benzene ring substituents is 1. The Balaban J connectivity index is 0.000000212. The highest BCUT2D eigenvalue weighted by Gasteiger charge is 2.11. The van der Waals surface area contributed by atoms with E-state index in [1.165, 1.54) is 108 Å². The monoisotopic (exact) mass is 529 g/mol. The number of unbranched alkanes of at least 4 members (excludes halogenated alkanes) is 4. The molecule has 0 radical (unpaired) electrons. The second-order valence-corrected chi connectivity index (χ2v) is 10.1. The van der Waals surface area contributed by atoms with Gasteiger partial charge in [0, 0.05) is 6.07 Å². The van der Waals surface area contributed by atoms with Crippen molar-refractivity contribution in [2.75, 3.05) is 52.5 Å². The van der Waals surface area contributed by atoms with Crippen LogP contribution in [0.4, 0.5) is 10.1 Å². The van der Waals surface area contributed by atoms with Crippen molar-refractivity contribution in [3.63, 3.8) is 0 Å². The first-order valence-corrected chi connectivity index (χ1v) is 14.3. The van der Waals surface area contributed by atoms with Crippen molar-refractivity contribution in [3.8, 4) is 11.5 Å². The van der Waals surface area contributed by atoms with Gasteiger partial charge in [0.15, 0.2) is 0 Å². The molecule has 7 nitrogen and oxygen atoms in total. The molecule has 2 aliphatic rings. The number of rotatable bonds is 15. The second-order valence-electron chi connectivity index (χ2n) is 10.1. The number of hydrogen-bond donors (Lipinski definition) is 0. The fourth-order valence-corrected chi connectivity index (χ4v) is 4.84. The molecule has 0 aliphatic carbocycles. The predicted molar refractivity (Wildman–Crippen MR) is 150 cm³/mol. The molecule has 0 bridgehead atoms. The Hall–Kier alpha value is -2.71. The summed E-state index contributed by atoms with van der Waals surface area (Å²) >= 11 is 0. The van der Waals surface area contributed by atoms with Crippen LogP contribution in [0.5, 0.6) is 11.5 Å². The number of halogens is 1. The van der Waals surface area contributed by atoms with Crippen LogP contribution in [0, 0.1) is 15.9 Å². The summed E-state index contributed by atoms with van der Waals surface area (Å²) in [4.78, 5) is 15.3. The van der Waals surface area contributed by atoms with Crippen molar-refractivity contribution >= 4 is 5.69 Å². The zero-order chi connectivity index (χ0) is 26.8. The van der Waals surface area contributed by atoms with E-state index >= 15 is 0 Å². The van der Waals surface area contributed by atoms with Crippen molar-refractivity contribution in [2.24, 2.45) is 0 Å². The van der Waals surface area contributed by atoms with Crippen molar-refractivity contribution in [1.82, 2.24) is 9.80 Å². The smallest absolute Gasteiger partial charge is 0.273 e. The summed E-state index contributed by atoms with van der Waals surface area (Å²) < 4.78 is 23.8. The van der Waals surface area contributed by atoms with Gasteiger partial charge in [-0.15, -0.1) is 0 Å². The lowest BCUT2D eigenvalue weighted by atomic mass is 10.2. The van der Waals surface area contributed by atoms with E-state index in [4.69, 9.17) is 9.47 Å². The third kappa shape index (κ3) is 12.2. The molecule has 0 N–H and O–H groups in total. The molecule has 4 rings (SSSR count). The Morgan fingerprint density at radius 2 is 1.24 bits per heavy atom. The maximum atomic E-state index is 12.7. The zero-order valence-corrected chi connectivity index (χ0v) is 22.7. The topological polar surface area (TPSA) is 68.1 Å². The second kappa shape index (κ2) is 17.7. The highest BCUT2D eigenvalue weighted by molar-refractivity contribution is 5.37. The van der Waals surface area contributed by atoms with E-state index in [9.17, 15) is 14.5 Å². The first-order chi connectivity index (χ1) is 18.6. The van der Waals surface area contributed by atoms with Gasteiger partial charge in [-0.05, 0) is 134 Å². The SMILES string of the molecule is Fc1ccc(OCCCCCN2CCCC2)cc1.O=[N+]([O-])c1cccc(OCCCCCN2CCCC2)c1. The minimum absolute atomic E-state index is 0.0801. The summed E-state index contributed by atoms with van der Waals surface area (Å²) in [6, 6.07) is 12.6. The molecular formula is C30H44FN3O4. The van der Waals surface area contributed by atoms with E-state index in [2.05, 4.69) is 9.80 Å². The summed E-state index contributed by atoms with van der Waals surface area (Å²) in [5.41, 5.74) is 0.0801. The van der Waals surface area contributed by atoms with Crippen LogP contribution in [0.3, 0.4) is 0 Å². The van der Waals surface area contributed by atoms with Gasteiger partial charge >= 0.3 is 0 Å².